The van der Waals surface area contributed by atoms with E-state index >= 15 is 0 Å². The molecule has 0 atom stereocenters. The Bertz CT molecular complexity index is 314. The van der Waals surface area contributed by atoms with Gasteiger partial charge in [-0.3, -0.25) is 0 Å². The van der Waals surface area contributed by atoms with Crippen molar-refractivity contribution in [3.63, 3.8) is 0 Å². The van der Waals surface area contributed by atoms with Crippen molar-refractivity contribution in [2.45, 2.75) is 6.92 Å². The second-order valence-corrected chi connectivity index (χ2v) is 2.48. The number of carboxylic acid groups (broad SMARTS) is 1. The molecule has 0 bridgehead atoms. The standard InChI is InChI=1S/C7H6ClNO3/c1-4-2-3-5(9-6(4)8)12-7(10)11/h2-3H,1H3,(H,10,11). The van der Waals surface area contributed by atoms with Crippen molar-refractivity contribution >= 4 is 17.8 Å². The summed E-state index contributed by atoms with van der Waals surface area (Å²) in [5.74, 6) is -0.0156. The highest BCUT2D eigenvalue weighted by atomic mass is 35.5. The quantitative estimate of drug-likeness (QED) is 0.540. The van der Waals surface area contributed by atoms with E-state index in [9.17, 15) is 4.79 Å². The average molecular weight is 188 g/mol. The molecule has 1 aromatic heterocycles. The summed E-state index contributed by atoms with van der Waals surface area (Å²) in [7, 11) is 0. The van der Waals surface area contributed by atoms with Crippen LogP contribution in [0.15, 0.2) is 12.1 Å². The third-order valence-corrected chi connectivity index (χ3v) is 1.58. The van der Waals surface area contributed by atoms with Gasteiger partial charge in [-0.1, -0.05) is 17.7 Å². The van der Waals surface area contributed by atoms with Gasteiger partial charge in [-0.25, -0.2) is 9.78 Å². The summed E-state index contributed by atoms with van der Waals surface area (Å²) in [4.78, 5) is 13.7. The Morgan fingerprint density at radius 3 is 2.83 bits per heavy atom. The van der Waals surface area contributed by atoms with E-state index in [1.54, 1.807) is 13.0 Å². The highest BCUT2D eigenvalue weighted by Gasteiger charge is 2.03. The summed E-state index contributed by atoms with van der Waals surface area (Å²) in [5, 5.41) is 8.47. The van der Waals surface area contributed by atoms with Gasteiger partial charge in [0.2, 0.25) is 5.88 Å². The summed E-state index contributed by atoms with van der Waals surface area (Å²) in [6.45, 7) is 1.76. The van der Waals surface area contributed by atoms with E-state index in [-0.39, 0.29) is 11.0 Å². The SMILES string of the molecule is Cc1ccc(OC(=O)O)nc1Cl. The number of hydrogen-bond acceptors (Lipinski definition) is 3. The zero-order chi connectivity index (χ0) is 9.14. The fraction of sp³-hybridized carbons (Fsp3) is 0.143. The van der Waals surface area contributed by atoms with Crippen molar-refractivity contribution < 1.29 is 14.6 Å². The molecule has 0 unspecified atom stereocenters. The Morgan fingerprint density at radius 2 is 2.33 bits per heavy atom. The van der Waals surface area contributed by atoms with Crippen LogP contribution in [0.4, 0.5) is 4.79 Å². The van der Waals surface area contributed by atoms with Gasteiger partial charge < -0.3 is 9.84 Å². The monoisotopic (exact) mass is 187 g/mol. The van der Waals surface area contributed by atoms with Crippen LogP contribution in [0.5, 0.6) is 5.88 Å². The molecular formula is C7H6ClNO3. The smallest absolute Gasteiger partial charge is 0.449 e. The largest absolute Gasteiger partial charge is 0.512 e. The third kappa shape index (κ3) is 2.10. The summed E-state index contributed by atoms with van der Waals surface area (Å²) in [5.41, 5.74) is 0.773. The predicted octanol–water partition coefficient (Wildman–Crippen LogP) is 2.10. The van der Waals surface area contributed by atoms with E-state index in [0.29, 0.717) is 0 Å². The predicted molar refractivity (Wildman–Crippen MR) is 42.6 cm³/mol. The molecule has 0 saturated carbocycles. The lowest BCUT2D eigenvalue weighted by Crippen LogP contribution is -2.04. The van der Waals surface area contributed by atoms with Crippen molar-refractivity contribution in [1.29, 1.82) is 0 Å². The maximum Gasteiger partial charge on any atom is 0.512 e. The van der Waals surface area contributed by atoms with Crippen LogP contribution in [-0.2, 0) is 0 Å². The van der Waals surface area contributed by atoms with E-state index in [4.69, 9.17) is 16.7 Å². The van der Waals surface area contributed by atoms with Crippen molar-refractivity contribution in [3.8, 4) is 5.88 Å². The van der Waals surface area contributed by atoms with Crippen LogP contribution in [0.1, 0.15) is 5.56 Å². The van der Waals surface area contributed by atoms with Crippen molar-refractivity contribution in [1.82, 2.24) is 4.98 Å². The minimum atomic E-state index is -1.40. The molecule has 0 fully saturated rings. The first-order valence-electron chi connectivity index (χ1n) is 3.13. The maximum absolute atomic E-state index is 10.1. The molecular weight excluding hydrogens is 182 g/mol. The maximum atomic E-state index is 10.1. The second kappa shape index (κ2) is 3.40. The van der Waals surface area contributed by atoms with Crippen LogP contribution in [0.2, 0.25) is 5.15 Å². The molecule has 1 aromatic rings. The van der Waals surface area contributed by atoms with E-state index in [1.807, 2.05) is 0 Å². The Hall–Kier alpha value is -1.29. The number of carbonyl (C=O) groups is 1. The molecule has 0 spiro atoms. The lowest BCUT2D eigenvalue weighted by atomic mass is 10.3. The van der Waals surface area contributed by atoms with Gasteiger partial charge in [0, 0.05) is 6.07 Å². The molecule has 0 amide bonds. The number of nitrogens with zero attached hydrogens (tertiary/aromatic N) is 1. The van der Waals surface area contributed by atoms with Gasteiger partial charge in [0.1, 0.15) is 5.15 Å². The molecule has 1 rings (SSSR count). The minimum absolute atomic E-state index is 0.0156. The molecule has 0 aliphatic heterocycles. The summed E-state index contributed by atoms with van der Waals surface area (Å²) >= 11 is 5.61. The normalized spacial score (nSPS) is 9.50. The Kier molecular flexibility index (Phi) is 2.50. The highest BCUT2D eigenvalue weighted by molar-refractivity contribution is 6.30. The number of ether oxygens (including phenoxy) is 1. The molecule has 0 aromatic carbocycles. The molecule has 4 nitrogen and oxygen atoms in total. The van der Waals surface area contributed by atoms with Gasteiger partial charge in [0.25, 0.3) is 0 Å². The van der Waals surface area contributed by atoms with Gasteiger partial charge >= 0.3 is 6.16 Å². The average Bonchev–Trinajstić information content (AvgIpc) is 1.96. The number of aryl methyl sites for hydroxylation is 1. The first-order valence-corrected chi connectivity index (χ1v) is 3.51. The Morgan fingerprint density at radius 1 is 1.67 bits per heavy atom. The van der Waals surface area contributed by atoms with E-state index < -0.39 is 6.16 Å². The topological polar surface area (TPSA) is 59.4 Å². The summed E-state index contributed by atoms with van der Waals surface area (Å²) in [6, 6.07) is 3.07. The van der Waals surface area contributed by atoms with Crippen LogP contribution >= 0.6 is 11.6 Å². The van der Waals surface area contributed by atoms with Gasteiger partial charge in [-0.05, 0) is 12.5 Å². The number of hydrogen-bond donors (Lipinski definition) is 1. The fourth-order valence-electron chi connectivity index (χ4n) is 0.634. The third-order valence-electron chi connectivity index (χ3n) is 1.20. The number of pyridine rings is 1. The van der Waals surface area contributed by atoms with Crippen molar-refractivity contribution in [2.24, 2.45) is 0 Å². The zero-order valence-corrected chi connectivity index (χ0v) is 7.00. The lowest BCUT2D eigenvalue weighted by Gasteiger charge is -1.99. The Labute approximate surface area is 73.8 Å². The van der Waals surface area contributed by atoms with Crippen molar-refractivity contribution in [3.05, 3.63) is 22.8 Å². The van der Waals surface area contributed by atoms with Crippen LogP contribution in [0.25, 0.3) is 0 Å². The molecule has 1 N–H and O–H groups in total. The fourth-order valence-corrected chi connectivity index (χ4v) is 0.780. The van der Waals surface area contributed by atoms with E-state index in [0.717, 1.165) is 5.56 Å². The van der Waals surface area contributed by atoms with Gasteiger partial charge in [0.15, 0.2) is 0 Å². The first kappa shape index (κ1) is 8.80. The van der Waals surface area contributed by atoms with Crippen LogP contribution in [0, 0.1) is 6.92 Å². The molecule has 0 radical (unpaired) electrons. The lowest BCUT2D eigenvalue weighted by molar-refractivity contribution is 0.142. The molecule has 5 heteroatoms. The Balaban J connectivity index is 2.89. The molecule has 0 aliphatic carbocycles. The van der Waals surface area contributed by atoms with Crippen LogP contribution in [0.3, 0.4) is 0 Å². The minimum Gasteiger partial charge on any atom is -0.449 e. The van der Waals surface area contributed by atoms with Crippen LogP contribution in [-0.4, -0.2) is 16.2 Å². The molecule has 1 heterocycles. The van der Waals surface area contributed by atoms with Gasteiger partial charge in [-0.2, -0.15) is 0 Å². The van der Waals surface area contributed by atoms with Gasteiger partial charge in [0.05, 0.1) is 0 Å². The van der Waals surface area contributed by atoms with E-state index in [1.165, 1.54) is 6.07 Å². The highest BCUT2D eigenvalue weighted by Crippen LogP contribution is 2.16. The number of aromatic nitrogens is 1. The molecule has 12 heavy (non-hydrogen) atoms. The zero-order valence-electron chi connectivity index (χ0n) is 6.24. The number of rotatable bonds is 1. The van der Waals surface area contributed by atoms with Crippen molar-refractivity contribution in [2.75, 3.05) is 0 Å². The van der Waals surface area contributed by atoms with Gasteiger partial charge in [-0.15, -0.1) is 0 Å². The molecule has 64 valence electrons. The van der Waals surface area contributed by atoms with Crippen LogP contribution < -0.4 is 4.74 Å². The summed E-state index contributed by atoms with van der Waals surface area (Å²) in [6.07, 6.45) is -1.40. The molecule has 0 aliphatic rings. The molecule has 0 saturated heterocycles. The number of halogens is 1. The summed E-state index contributed by atoms with van der Waals surface area (Å²) < 4.78 is 4.27. The second-order valence-electron chi connectivity index (χ2n) is 2.13. The van der Waals surface area contributed by atoms with E-state index in [2.05, 4.69) is 9.72 Å². The first-order chi connectivity index (χ1) is 5.59.